The molecule has 0 aromatic rings. The molecule has 0 aliphatic rings. The fourth-order valence-corrected chi connectivity index (χ4v) is 1.01. The van der Waals surface area contributed by atoms with Gasteiger partial charge in [0, 0.05) is 0 Å². The van der Waals surface area contributed by atoms with E-state index in [9.17, 15) is 17.7 Å². The van der Waals surface area contributed by atoms with Gasteiger partial charge in [0.05, 0.1) is 0 Å². The maximum atomic E-state index is 11.4. The Morgan fingerprint density at radius 1 is 1.55 bits per heavy atom. The van der Waals surface area contributed by atoms with Crippen molar-refractivity contribution < 1.29 is 22.3 Å². The molecule has 11 heavy (non-hydrogen) atoms. The highest BCUT2D eigenvalue weighted by molar-refractivity contribution is 7.42. The normalized spacial score (nSPS) is 15.6. The van der Waals surface area contributed by atoms with Gasteiger partial charge in [0.1, 0.15) is 6.61 Å². The molecule has 0 aliphatic carbocycles. The van der Waals surface area contributed by atoms with Crippen molar-refractivity contribution in [3.05, 3.63) is 11.9 Å². The van der Waals surface area contributed by atoms with Gasteiger partial charge in [0.15, 0.2) is 0 Å². The molecule has 0 rings (SSSR count). The Morgan fingerprint density at radius 2 is 2.09 bits per heavy atom. The minimum atomic E-state index is -4.40. The van der Waals surface area contributed by atoms with Gasteiger partial charge in [-0.15, -0.1) is 0 Å². The van der Waals surface area contributed by atoms with Crippen LogP contribution < -0.4 is 0 Å². The smallest absolute Gasteiger partial charge is 0.318 e. The summed E-state index contributed by atoms with van der Waals surface area (Å²) in [7, 11) is -2.62. The number of allylic oxidation sites excluding steroid dienone is 1. The lowest BCUT2D eigenvalue weighted by atomic mass is 10.7. The molecule has 0 saturated heterocycles. The van der Waals surface area contributed by atoms with Crippen LogP contribution in [-0.2, 0) is 9.09 Å². The minimum absolute atomic E-state index is 1.11. The quantitative estimate of drug-likeness (QED) is 0.636. The van der Waals surface area contributed by atoms with E-state index in [4.69, 9.17) is 0 Å². The fourth-order valence-electron chi connectivity index (χ4n) is 0.337. The predicted octanol–water partition coefficient (Wildman–Crippen LogP) is 2.57. The average Bonchev–Trinajstić information content (AvgIpc) is 1.83. The van der Waals surface area contributed by atoms with Crippen molar-refractivity contribution in [3.63, 3.8) is 0 Å². The molecule has 0 amide bonds. The molecule has 0 aromatic carbocycles. The molecule has 0 heterocycles. The fraction of sp³-hybridized carbons (Fsp3) is 0.600. The van der Waals surface area contributed by atoms with Gasteiger partial charge in [-0.25, -0.2) is 0 Å². The zero-order chi connectivity index (χ0) is 8.91. The second-order valence-corrected chi connectivity index (χ2v) is 2.98. The third-order valence-electron chi connectivity index (χ3n) is 0.681. The predicted molar refractivity (Wildman–Crippen MR) is 35.8 cm³/mol. The zero-order valence-electron chi connectivity index (χ0n) is 5.81. The maximum absolute atomic E-state index is 11.4. The first-order valence-electron chi connectivity index (χ1n) is 2.82. The molecule has 6 heteroatoms. The number of halogens is 3. The highest BCUT2D eigenvalue weighted by Gasteiger charge is 2.28. The Morgan fingerprint density at radius 3 is 2.45 bits per heavy atom. The van der Waals surface area contributed by atoms with E-state index >= 15 is 0 Å². The van der Waals surface area contributed by atoms with E-state index < -0.39 is 20.8 Å². The van der Waals surface area contributed by atoms with Crippen molar-refractivity contribution in [2.24, 2.45) is 0 Å². The van der Waals surface area contributed by atoms with Crippen molar-refractivity contribution in [1.29, 1.82) is 0 Å². The minimum Gasteiger partial charge on any atom is -0.318 e. The molecule has 0 spiro atoms. The first-order chi connectivity index (χ1) is 4.95. The van der Waals surface area contributed by atoms with Crippen LogP contribution in [0.5, 0.6) is 0 Å². The van der Waals surface area contributed by atoms with Crippen LogP contribution in [0.1, 0.15) is 6.92 Å². The van der Waals surface area contributed by atoms with Gasteiger partial charge >= 0.3 is 6.18 Å². The monoisotopic (exact) mass is 188 g/mol. The summed E-state index contributed by atoms with van der Waals surface area (Å²) in [4.78, 5) is 0. The van der Waals surface area contributed by atoms with Crippen LogP contribution in [0.3, 0.4) is 0 Å². The molecule has 0 bridgehead atoms. The highest BCUT2D eigenvalue weighted by Crippen LogP contribution is 2.27. The maximum Gasteiger partial charge on any atom is 0.412 e. The van der Waals surface area contributed by atoms with Gasteiger partial charge in [-0.2, -0.15) is 13.2 Å². The lowest BCUT2D eigenvalue weighted by molar-refractivity contribution is -0.152. The van der Waals surface area contributed by atoms with Gasteiger partial charge < -0.3 is 4.52 Å². The van der Waals surface area contributed by atoms with Crippen LogP contribution in [0.15, 0.2) is 11.9 Å². The number of alkyl halides is 3. The lowest BCUT2D eigenvalue weighted by Gasteiger charge is -2.04. The summed E-state index contributed by atoms with van der Waals surface area (Å²) in [5.74, 6) is 1.11. The molecular formula is C5H8F3O2P. The van der Waals surface area contributed by atoms with Crippen LogP contribution in [0.25, 0.3) is 0 Å². The summed E-state index contributed by atoms with van der Waals surface area (Å²) in [5, 5.41) is 0. The van der Waals surface area contributed by atoms with E-state index in [1.54, 1.807) is 6.92 Å². The van der Waals surface area contributed by atoms with E-state index in [1.165, 1.54) is 6.08 Å². The molecule has 0 radical (unpaired) electrons. The largest absolute Gasteiger partial charge is 0.412 e. The summed E-state index contributed by atoms with van der Waals surface area (Å²) in [6.45, 7) is 0.106. The Balaban J connectivity index is 3.63. The van der Waals surface area contributed by atoms with Crippen molar-refractivity contribution in [2.75, 3.05) is 6.61 Å². The van der Waals surface area contributed by atoms with Crippen LogP contribution in [-0.4, -0.2) is 12.8 Å². The molecule has 1 unspecified atom stereocenters. The number of rotatable bonds is 3. The molecule has 0 N–H and O–H groups in total. The van der Waals surface area contributed by atoms with Crippen LogP contribution >= 0.6 is 8.03 Å². The molecule has 2 nitrogen and oxygen atoms in total. The van der Waals surface area contributed by atoms with Crippen LogP contribution in [0, 0.1) is 0 Å². The number of hydrogen-bond acceptors (Lipinski definition) is 2. The Hall–Kier alpha value is -0.280. The first kappa shape index (κ1) is 10.7. The second kappa shape index (κ2) is 4.57. The van der Waals surface area contributed by atoms with Crippen LogP contribution in [0.4, 0.5) is 13.2 Å². The van der Waals surface area contributed by atoms with Crippen molar-refractivity contribution in [1.82, 2.24) is 0 Å². The summed E-state index contributed by atoms with van der Waals surface area (Å²) < 4.78 is 48.6. The van der Waals surface area contributed by atoms with Crippen LogP contribution in [0.2, 0.25) is 0 Å². The number of hydrogen-bond donors (Lipinski definition) is 0. The van der Waals surface area contributed by atoms with E-state index in [2.05, 4.69) is 4.52 Å². The van der Waals surface area contributed by atoms with Gasteiger partial charge in [-0.05, 0) is 12.7 Å². The first-order valence-corrected chi connectivity index (χ1v) is 4.21. The summed E-state index contributed by atoms with van der Waals surface area (Å²) in [6, 6.07) is 0. The van der Waals surface area contributed by atoms with Crippen molar-refractivity contribution in [2.45, 2.75) is 13.1 Å². The molecule has 0 saturated carbocycles. The van der Waals surface area contributed by atoms with Crippen molar-refractivity contribution in [3.8, 4) is 0 Å². The van der Waals surface area contributed by atoms with E-state index in [0.717, 1.165) is 5.82 Å². The van der Waals surface area contributed by atoms with Gasteiger partial charge in [-0.1, -0.05) is 6.08 Å². The third-order valence-corrected chi connectivity index (χ3v) is 1.72. The molecule has 0 aromatic heterocycles. The Labute approximate surface area is 62.9 Å². The van der Waals surface area contributed by atoms with Gasteiger partial charge in [-0.3, -0.25) is 4.57 Å². The van der Waals surface area contributed by atoms with Gasteiger partial charge in [0.2, 0.25) is 8.03 Å². The molecule has 0 aliphatic heterocycles. The Kier molecular flexibility index (Phi) is 4.45. The van der Waals surface area contributed by atoms with Gasteiger partial charge in [0.25, 0.3) is 0 Å². The summed E-state index contributed by atoms with van der Waals surface area (Å²) in [6.07, 6.45) is -3.01. The topological polar surface area (TPSA) is 26.3 Å². The zero-order valence-corrected chi connectivity index (χ0v) is 6.81. The van der Waals surface area contributed by atoms with E-state index in [-0.39, 0.29) is 0 Å². The van der Waals surface area contributed by atoms with E-state index in [0.29, 0.717) is 0 Å². The lowest BCUT2D eigenvalue weighted by Crippen LogP contribution is -2.14. The molecule has 0 fully saturated rings. The van der Waals surface area contributed by atoms with Crippen molar-refractivity contribution >= 4 is 8.03 Å². The molecular weight excluding hydrogens is 180 g/mol. The Bertz CT molecular complexity index is 164. The second-order valence-electron chi connectivity index (χ2n) is 1.72. The highest BCUT2D eigenvalue weighted by atomic mass is 31.1. The third kappa shape index (κ3) is 7.62. The van der Waals surface area contributed by atoms with E-state index in [1.807, 2.05) is 0 Å². The molecule has 66 valence electrons. The summed E-state index contributed by atoms with van der Waals surface area (Å²) in [5.41, 5.74) is 0. The summed E-state index contributed by atoms with van der Waals surface area (Å²) >= 11 is 0. The SMILES string of the molecule is CC=C[PH](=O)OCC(F)(F)F. The average molecular weight is 188 g/mol. The molecule has 1 atom stereocenters. The standard InChI is InChI=1S/C5H8F3O2P/c1-2-3-11(9)10-4-5(6,7)8/h2-3,11H,4H2,1H3.